The molecule has 0 aliphatic rings. The number of benzene rings is 2. The molecule has 0 heterocycles. The maximum atomic E-state index is 12.2. The van der Waals surface area contributed by atoms with Crippen LogP contribution in [0, 0.1) is 0 Å². The summed E-state index contributed by atoms with van der Waals surface area (Å²) in [6.07, 6.45) is 2.37. The Morgan fingerprint density at radius 2 is 1.73 bits per heavy atom. The van der Waals surface area contributed by atoms with Crippen LogP contribution in [-0.4, -0.2) is 24.9 Å². The van der Waals surface area contributed by atoms with E-state index in [-0.39, 0.29) is 11.8 Å². The monoisotopic (exact) mass is 354 g/mol. The quantitative estimate of drug-likeness (QED) is 0.736. The van der Waals surface area contributed by atoms with Gasteiger partial charge in [-0.25, -0.2) is 0 Å². The third-order valence-corrected chi connectivity index (χ3v) is 3.92. The summed E-state index contributed by atoms with van der Waals surface area (Å²) >= 11 is 0. The standard InChI is InChI=1S/C21H26N2O3/c1-3-4-14-21(25)22-15-16-23(17(2)24)19-12-8-9-13-20(19)26-18-10-6-5-7-11-18/h5-13H,3-4,14-16H2,1-2H3,(H,22,25). The average Bonchev–Trinajstić information content (AvgIpc) is 2.65. The van der Waals surface area contributed by atoms with Crippen molar-refractivity contribution in [3.8, 4) is 11.5 Å². The van der Waals surface area contributed by atoms with Gasteiger partial charge in [0.1, 0.15) is 5.75 Å². The van der Waals surface area contributed by atoms with Crippen molar-refractivity contribution < 1.29 is 14.3 Å². The molecule has 26 heavy (non-hydrogen) atoms. The summed E-state index contributed by atoms with van der Waals surface area (Å²) in [6, 6.07) is 16.8. The van der Waals surface area contributed by atoms with Crippen LogP contribution in [0.2, 0.25) is 0 Å². The number of carbonyl (C=O) groups is 2. The van der Waals surface area contributed by atoms with E-state index in [9.17, 15) is 9.59 Å². The maximum absolute atomic E-state index is 12.2. The van der Waals surface area contributed by atoms with E-state index in [2.05, 4.69) is 12.2 Å². The minimum atomic E-state index is -0.100. The van der Waals surface area contributed by atoms with Crippen molar-refractivity contribution in [1.82, 2.24) is 5.32 Å². The van der Waals surface area contributed by atoms with E-state index in [0.29, 0.717) is 36.7 Å². The Morgan fingerprint density at radius 1 is 1.04 bits per heavy atom. The molecule has 0 radical (unpaired) electrons. The Morgan fingerprint density at radius 3 is 2.42 bits per heavy atom. The van der Waals surface area contributed by atoms with Gasteiger partial charge in [0.25, 0.3) is 0 Å². The van der Waals surface area contributed by atoms with Gasteiger partial charge in [-0.05, 0) is 30.7 Å². The zero-order chi connectivity index (χ0) is 18.8. The number of carbonyl (C=O) groups excluding carboxylic acids is 2. The summed E-state index contributed by atoms with van der Waals surface area (Å²) in [4.78, 5) is 25.5. The van der Waals surface area contributed by atoms with E-state index in [0.717, 1.165) is 12.8 Å². The molecule has 0 saturated carbocycles. The lowest BCUT2D eigenvalue weighted by atomic mass is 10.2. The average molecular weight is 354 g/mol. The van der Waals surface area contributed by atoms with Crippen LogP contribution in [0.4, 0.5) is 5.69 Å². The van der Waals surface area contributed by atoms with Crippen molar-refractivity contribution in [3.63, 3.8) is 0 Å². The minimum absolute atomic E-state index is 0.0178. The Balaban J connectivity index is 2.07. The molecule has 0 spiro atoms. The number of anilines is 1. The van der Waals surface area contributed by atoms with Gasteiger partial charge in [-0.15, -0.1) is 0 Å². The zero-order valence-electron chi connectivity index (χ0n) is 15.4. The van der Waals surface area contributed by atoms with Crippen LogP contribution in [0.1, 0.15) is 33.1 Å². The zero-order valence-corrected chi connectivity index (χ0v) is 15.4. The van der Waals surface area contributed by atoms with Crippen LogP contribution < -0.4 is 15.0 Å². The predicted octanol–water partition coefficient (Wildman–Crippen LogP) is 4.14. The molecule has 5 nitrogen and oxygen atoms in total. The van der Waals surface area contributed by atoms with Crippen molar-refractivity contribution in [1.29, 1.82) is 0 Å². The largest absolute Gasteiger partial charge is 0.455 e. The molecular weight excluding hydrogens is 328 g/mol. The maximum Gasteiger partial charge on any atom is 0.224 e. The Hall–Kier alpha value is -2.82. The molecular formula is C21H26N2O3. The number of hydrogen-bond donors (Lipinski definition) is 1. The van der Waals surface area contributed by atoms with Crippen LogP contribution in [-0.2, 0) is 9.59 Å². The van der Waals surface area contributed by atoms with E-state index in [4.69, 9.17) is 4.74 Å². The number of hydrogen-bond acceptors (Lipinski definition) is 3. The van der Waals surface area contributed by atoms with Gasteiger partial charge in [-0.2, -0.15) is 0 Å². The number of unbranched alkanes of at least 4 members (excludes halogenated alkanes) is 1. The lowest BCUT2D eigenvalue weighted by molar-refractivity contribution is -0.121. The topological polar surface area (TPSA) is 58.6 Å². The molecule has 0 bridgehead atoms. The molecule has 2 rings (SSSR count). The van der Waals surface area contributed by atoms with Gasteiger partial charge in [0, 0.05) is 26.4 Å². The number of para-hydroxylation sites is 3. The lowest BCUT2D eigenvalue weighted by Crippen LogP contribution is -2.37. The molecule has 2 aromatic carbocycles. The van der Waals surface area contributed by atoms with E-state index in [1.54, 1.807) is 4.90 Å². The molecule has 0 aromatic heterocycles. The highest BCUT2D eigenvalue weighted by molar-refractivity contribution is 5.93. The third kappa shape index (κ3) is 5.92. The summed E-state index contributed by atoms with van der Waals surface area (Å²) in [5, 5.41) is 2.87. The molecule has 0 aliphatic heterocycles. The highest BCUT2D eigenvalue weighted by Gasteiger charge is 2.16. The van der Waals surface area contributed by atoms with E-state index >= 15 is 0 Å². The first-order chi connectivity index (χ1) is 12.6. The molecule has 0 saturated heterocycles. The summed E-state index contributed by atoms with van der Waals surface area (Å²) in [6.45, 7) is 4.36. The summed E-state index contributed by atoms with van der Waals surface area (Å²) in [5.41, 5.74) is 0.687. The van der Waals surface area contributed by atoms with Gasteiger partial charge >= 0.3 is 0 Å². The smallest absolute Gasteiger partial charge is 0.224 e. The van der Waals surface area contributed by atoms with Crippen LogP contribution in [0.5, 0.6) is 11.5 Å². The van der Waals surface area contributed by atoms with Gasteiger partial charge in [-0.1, -0.05) is 43.7 Å². The SMILES string of the molecule is CCCCC(=O)NCCN(C(C)=O)c1ccccc1Oc1ccccc1. The molecule has 138 valence electrons. The minimum Gasteiger partial charge on any atom is -0.455 e. The van der Waals surface area contributed by atoms with Crippen molar-refractivity contribution >= 4 is 17.5 Å². The molecule has 0 atom stereocenters. The molecule has 1 N–H and O–H groups in total. The van der Waals surface area contributed by atoms with Crippen molar-refractivity contribution in [2.24, 2.45) is 0 Å². The number of rotatable bonds is 9. The second kappa shape index (κ2) is 10.2. The van der Waals surface area contributed by atoms with Crippen LogP contribution in [0.25, 0.3) is 0 Å². The van der Waals surface area contributed by atoms with Crippen molar-refractivity contribution in [2.75, 3.05) is 18.0 Å². The number of amides is 2. The van der Waals surface area contributed by atoms with Crippen molar-refractivity contribution in [3.05, 3.63) is 54.6 Å². The van der Waals surface area contributed by atoms with Gasteiger partial charge in [0.15, 0.2) is 5.75 Å². The second-order valence-electron chi connectivity index (χ2n) is 6.01. The summed E-state index contributed by atoms with van der Waals surface area (Å²) in [5.74, 6) is 1.23. The first-order valence-corrected chi connectivity index (χ1v) is 8.98. The first-order valence-electron chi connectivity index (χ1n) is 8.98. The fourth-order valence-corrected chi connectivity index (χ4v) is 2.56. The second-order valence-corrected chi connectivity index (χ2v) is 6.01. The van der Waals surface area contributed by atoms with Gasteiger partial charge < -0.3 is 15.0 Å². The Labute approximate surface area is 155 Å². The fraction of sp³-hybridized carbons (Fsp3) is 0.333. The molecule has 0 unspecified atom stereocenters. The first kappa shape index (κ1) is 19.5. The van der Waals surface area contributed by atoms with Crippen LogP contribution in [0.3, 0.4) is 0 Å². The molecule has 2 amide bonds. The fourth-order valence-electron chi connectivity index (χ4n) is 2.56. The van der Waals surface area contributed by atoms with Crippen LogP contribution >= 0.6 is 0 Å². The Bertz CT molecular complexity index is 716. The molecule has 5 heteroatoms. The van der Waals surface area contributed by atoms with Gasteiger partial charge in [0.2, 0.25) is 11.8 Å². The molecule has 0 aliphatic carbocycles. The highest BCUT2D eigenvalue weighted by atomic mass is 16.5. The predicted molar refractivity (Wildman–Crippen MR) is 104 cm³/mol. The lowest BCUT2D eigenvalue weighted by Gasteiger charge is -2.24. The third-order valence-electron chi connectivity index (χ3n) is 3.92. The van der Waals surface area contributed by atoms with E-state index in [1.807, 2.05) is 54.6 Å². The van der Waals surface area contributed by atoms with Crippen LogP contribution in [0.15, 0.2) is 54.6 Å². The Kier molecular flexibility index (Phi) is 7.68. The molecule has 0 fully saturated rings. The summed E-state index contributed by atoms with van der Waals surface area (Å²) < 4.78 is 5.94. The highest BCUT2D eigenvalue weighted by Crippen LogP contribution is 2.32. The molecule has 2 aromatic rings. The summed E-state index contributed by atoms with van der Waals surface area (Å²) in [7, 11) is 0. The van der Waals surface area contributed by atoms with Gasteiger partial charge in [-0.3, -0.25) is 9.59 Å². The van der Waals surface area contributed by atoms with Gasteiger partial charge in [0.05, 0.1) is 5.69 Å². The van der Waals surface area contributed by atoms with E-state index < -0.39 is 0 Å². The van der Waals surface area contributed by atoms with Crippen molar-refractivity contribution in [2.45, 2.75) is 33.1 Å². The number of nitrogens with zero attached hydrogens (tertiary/aromatic N) is 1. The number of nitrogens with one attached hydrogen (secondary N) is 1. The normalized spacial score (nSPS) is 10.2. The van der Waals surface area contributed by atoms with E-state index in [1.165, 1.54) is 6.92 Å². The number of ether oxygens (including phenoxy) is 1.